The number of hydrogen-bond donors (Lipinski definition) is 1. The highest BCUT2D eigenvalue weighted by Crippen LogP contribution is 2.40. The summed E-state index contributed by atoms with van der Waals surface area (Å²) in [7, 11) is 0. The van der Waals surface area contributed by atoms with Gasteiger partial charge in [0.25, 0.3) is 11.7 Å². The molecule has 1 aliphatic rings. The number of ketones is 1. The molecule has 1 N–H and O–H groups in total. The van der Waals surface area contributed by atoms with Gasteiger partial charge >= 0.3 is 0 Å². The predicted octanol–water partition coefficient (Wildman–Crippen LogP) is 6.39. The average Bonchev–Trinajstić information content (AvgIpc) is 3.13. The maximum Gasteiger partial charge on any atom is 0.299 e. The second-order valence-corrected chi connectivity index (χ2v) is 10.2. The SMILES string of the molecule is CC(C)(C)c1ccc(-c2cccc3c2N(Cc2ccc(NCc4cccnc4)cc2)C(=O)C3=O)cc1. The van der Waals surface area contributed by atoms with Crippen LogP contribution in [-0.4, -0.2) is 16.7 Å². The molecule has 5 nitrogen and oxygen atoms in total. The van der Waals surface area contributed by atoms with E-state index in [2.05, 4.69) is 55.3 Å². The summed E-state index contributed by atoms with van der Waals surface area (Å²) < 4.78 is 0. The van der Waals surface area contributed by atoms with E-state index >= 15 is 0 Å². The lowest BCUT2D eigenvalue weighted by Gasteiger charge is -2.22. The number of benzene rings is 3. The third-order valence-electron chi connectivity index (χ3n) is 6.57. The molecule has 2 heterocycles. The largest absolute Gasteiger partial charge is 0.381 e. The van der Waals surface area contributed by atoms with Crippen LogP contribution in [-0.2, 0) is 23.3 Å². The Labute approximate surface area is 211 Å². The van der Waals surface area contributed by atoms with Crippen LogP contribution >= 0.6 is 0 Å². The molecular weight excluding hydrogens is 446 g/mol. The average molecular weight is 476 g/mol. The highest BCUT2D eigenvalue weighted by Gasteiger charge is 2.37. The normalized spacial score (nSPS) is 13.1. The number of hydrogen-bond acceptors (Lipinski definition) is 4. The number of nitrogens with zero attached hydrogens (tertiary/aromatic N) is 2. The van der Waals surface area contributed by atoms with Crippen molar-refractivity contribution in [3.63, 3.8) is 0 Å². The number of carbonyl (C=O) groups excluding carboxylic acids is 2. The highest BCUT2D eigenvalue weighted by molar-refractivity contribution is 6.52. The van der Waals surface area contributed by atoms with Crippen LogP contribution in [0.25, 0.3) is 11.1 Å². The van der Waals surface area contributed by atoms with Crippen LogP contribution in [0.3, 0.4) is 0 Å². The van der Waals surface area contributed by atoms with Gasteiger partial charge in [-0.25, -0.2) is 0 Å². The van der Waals surface area contributed by atoms with E-state index in [4.69, 9.17) is 0 Å². The quantitative estimate of drug-likeness (QED) is 0.328. The van der Waals surface area contributed by atoms with Crippen LogP contribution in [0.2, 0.25) is 0 Å². The number of nitrogens with one attached hydrogen (secondary N) is 1. The smallest absolute Gasteiger partial charge is 0.299 e. The van der Waals surface area contributed by atoms with E-state index in [1.165, 1.54) is 5.56 Å². The zero-order valence-corrected chi connectivity index (χ0v) is 20.8. The zero-order valence-electron chi connectivity index (χ0n) is 20.8. The van der Waals surface area contributed by atoms with Gasteiger partial charge in [0.15, 0.2) is 0 Å². The van der Waals surface area contributed by atoms with Gasteiger partial charge in [0, 0.05) is 30.2 Å². The number of amides is 1. The van der Waals surface area contributed by atoms with Gasteiger partial charge in [-0.15, -0.1) is 0 Å². The summed E-state index contributed by atoms with van der Waals surface area (Å²) >= 11 is 0. The third kappa shape index (κ3) is 4.65. The van der Waals surface area contributed by atoms with E-state index in [9.17, 15) is 9.59 Å². The van der Waals surface area contributed by atoms with Gasteiger partial charge in [0.1, 0.15) is 0 Å². The Balaban J connectivity index is 1.39. The molecule has 3 aromatic carbocycles. The molecule has 5 rings (SSSR count). The second-order valence-electron chi connectivity index (χ2n) is 10.2. The molecule has 5 heteroatoms. The van der Waals surface area contributed by atoms with Crippen LogP contribution in [0, 0.1) is 0 Å². The summed E-state index contributed by atoms with van der Waals surface area (Å²) in [6.07, 6.45) is 3.59. The van der Waals surface area contributed by atoms with E-state index in [0.29, 0.717) is 24.3 Å². The fraction of sp³-hybridized carbons (Fsp3) is 0.194. The molecule has 0 atom stereocenters. The number of carbonyl (C=O) groups is 2. The summed E-state index contributed by atoms with van der Waals surface area (Å²) in [5.41, 5.74) is 7.35. The first-order valence-electron chi connectivity index (χ1n) is 12.1. The topological polar surface area (TPSA) is 62.3 Å². The highest BCUT2D eigenvalue weighted by atomic mass is 16.2. The Morgan fingerprint density at radius 2 is 1.53 bits per heavy atom. The summed E-state index contributed by atoms with van der Waals surface area (Å²) in [5.74, 6) is -0.935. The van der Waals surface area contributed by atoms with Crippen molar-refractivity contribution in [1.82, 2.24) is 4.98 Å². The molecule has 0 saturated carbocycles. The Morgan fingerprint density at radius 3 is 2.19 bits per heavy atom. The standard InChI is InChI=1S/C31H29N3O2/c1-31(2,3)24-13-11-23(12-14-24)26-7-4-8-27-28(26)34(30(36)29(27)35)20-21-9-15-25(16-10-21)33-19-22-6-5-17-32-18-22/h4-18,33H,19-20H2,1-3H3. The molecular formula is C31H29N3O2. The van der Waals surface area contributed by atoms with E-state index in [-0.39, 0.29) is 5.41 Å². The monoisotopic (exact) mass is 475 g/mol. The summed E-state index contributed by atoms with van der Waals surface area (Å²) in [5, 5.41) is 3.38. The Bertz CT molecular complexity index is 1400. The van der Waals surface area contributed by atoms with E-state index in [1.807, 2.05) is 54.7 Å². The van der Waals surface area contributed by atoms with Crippen molar-refractivity contribution in [3.8, 4) is 11.1 Å². The van der Waals surface area contributed by atoms with Gasteiger partial charge in [-0.1, -0.05) is 75.4 Å². The van der Waals surface area contributed by atoms with Crippen molar-refractivity contribution in [2.24, 2.45) is 0 Å². The van der Waals surface area contributed by atoms with Crippen molar-refractivity contribution in [2.45, 2.75) is 39.3 Å². The van der Waals surface area contributed by atoms with Crippen LogP contribution in [0.15, 0.2) is 91.3 Å². The van der Waals surface area contributed by atoms with Crippen LogP contribution in [0.1, 0.15) is 47.8 Å². The second kappa shape index (κ2) is 9.42. The zero-order chi connectivity index (χ0) is 25.3. The molecule has 1 aliphatic heterocycles. The molecule has 0 radical (unpaired) electrons. The van der Waals surface area contributed by atoms with Crippen molar-refractivity contribution in [1.29, 1.82) is 0 Å². The van der Waals surface area contributed by atoms with Gasteiger partial charge in [0.2, 0.25) is 0 Å². The number of para-hydroxylation sites is 1. The molecule has 1 amide bonds. The Kier molecular flexibility index (Phi) is 6.15. The molecule has 0 spiro atoms. The number of pyridine rings is 1. The van der Waals surface area contributed by atoms with Crippen LogP contribution in [0.5, 0.6) is 0 Å². The van der Waals surface area contributed by atoms with E-state index in [0.717, 1.165) is 27.9 Å². The first-order chi connectivity index (χ1) is 17.3. The first-order valence-corrected chi connectivity index (χ1v) is 12.1. The van der Waals surface area contributed by atoms with Crippen molar-refractivity contribution >= 4 is 23.1 Å². The van der Waals surface area contributed by atoms with Crippen LogP contribution in [0.4, 0.5) is 11.4 Å². The molecule has 0 saturated heterocycles. The summed E-state index contributed by atoms with van der Waals surface area (Å²) in [6, 6.07) is 25.9. The lowest BCUT2D eigenvalue weighted by Crippen LogP contribution is -2.29. The number of fused-ring (bicyclic) bond motifs is 1. The fourth-order valence-electron chi connectivity index (χ4n) is 4.51. The number of aromatic nitrogens is 1. The van der Waals surface area contributed by atoms with E-state index < -0.39 is 11.7 Å². The van der Waals surface area contributed by atoms with Gasteiger partial charge in [-0.2, -0.15) is 0 Å². The van der Waals surface area contributed by atoms with Crippen molar-refractivity contribution in [2.75, 3.05) is 10.2 Å². The fourth-order valence-corrected chi connectivity index (χ4v) is 4.51. The molecule has 0 bridgehead atoms. The minimum Gasteiger partial charge on any atom is -0.381 e. The maximum atomic E-state index is 13.0. The molecule has 0 unspecified atom stereocenters. The lowest BCUT2D eigenvalue weighted by atomic mass is 9.86. The molecule has 180 valence electrons. The molecule has 36 heavy (non-hydrogen) atoms. The number of Topliss-reactive ketones (excluding diaryl/α,β-unsaturated/α-hetero) is 1. The Morgan fingerprint density at radius 1 is 0.806 bits per heavy atom. The van der Waals surface area contributed by atoms with Crippen LogP contribution < -0.4 is 10.2 Å². The Hall–Kier alpha value is -4.25. The minimum absolute atomic E-state index is 0.0497. The summed E-state index contributed by atoms with van der Waals surface area (Å²) in [6.45, 7) is 7.55. The molecule has 0 fully saturated rings. The predicted molar refractivity (Wildman–Crippen MR) is 144 cm³/mol. The van der Waals surface area contributed by atoms with Gasteiger partial charge in [0.05, 0.1) is 17.8 Å². The minimum atomic E-state index is -0.484. The molecule has 4 aromatic rings. The summed E-state index contributed by atoms with van der Waals surface area (Å²) in [4.78, 5) is 31.6. The number of anilines is 2. The number of rotatable bonds is 6. The van der Waals surface area contributed by atoms with Gasteiger partial charge < -0.3 is 5.32 Å². The molecule has 0 aliphatic carbocycles. The molecule has 1 aromatic heterocycles. The van der Waals surface area contributed by atoms with Gasteiger partial charge in [-0.3, -0.25) is 19.5 Å². The lowest BCUT2D eigenvalue weighted by molar-refractivity contribution is -0.114. The van der Waals surface area contributed by atoms with Crippen molar-refractivity contribution in [3.05, 3.63) is 114 Å². The van der Waals surface area contributed by atoms with Gasteiger partial charge in [-0.05, 0) is 51.9 Å². The first kappa shape index (κ1) is 23.5. The maximum absolute atomic E-state index is 13.0. The third-order valence-corrected chi connectivity index (χ3v) is 6.57. The van der Waals surface area contributed by atoms with Crippen molar-refractivity contribution < 1.29 is 9.59 Å². The van der Waals surface area contributed by atoms with E-state index in [1.54, 1.807) is 17.2 Å².